The second kappa shape index (κ2) is 5.21. The van der Waals surface area contributed by atoms with Gasteiger partial charge in [0.15, 0.2) is 5.82 Å². The maximum Gasteiger partial charge on any atom is 0.216 e. The van der Waals surface area contributed by atoms with Crippen molar-refractivity contribution in [1.82, 2.24) is 19.9 Å². The highest BCUT2D eigenvalue weighted by Crippen LogP contribution is 2.22. The summed E-state index contributed by atoms with van der Waals surface area (Å²) in [6.45, 7) is 8.30. The number of fused-ring (bicyclic) bond motifs is 1. The Morgan fingerprint density at radius 3 is 2.73 bits per heavy atom. The van der Waals surface area contributed by atoms with E-state index in [2.05, 4.69) is 53.2 Å². The number of H-pyrrole nitrogens is 2. The zero-order chi connectivity index (χ0) is 15.9. The van der Waals surface area contributed by atoms with Gasteiger partial charge in [-0.1, -0.05) is 39.0 Å². The molecule has 114 valence electrons. The van der Waals surface area contributed by atoms with Crippen molar-refractivity contribution in [2.75, 3.05) is 0 Å². The van der Waals surface area contributed by atoms with Gasteiger partial charge in [0.1, 0.15) is 0 Å². The second-order valence-electron chi connectivity index (χ2n) is 6.37. The number of aromatic nitrogens is 4. The van der Waals surface area contributed by atoms with Crippen LogP contribution in [0.5, 0.6) is 0 Å². The minimum absolute atomic E-state index is 0.139. The molecular weight excluding hydrogens is 294 g/mol. The van der Waals surface area contributed by atoms with Crippen molar-refractivity contribution in [2.45, 2.75) is 33.1 Å². The van der Waals surface area contributed by atoms with Crippen molar-refractivity contribution in [3.63, 3.8) is 0 Å². The zero-order valence-electron chi connectivity index (χ0n) is 13.1. The highest BCUT2D eigenvalue weighted by Gasteiger charge is 2.21. The third kappa shape index (κ3) is 2.50. The molecule has 0 amide bonds. The second-order valence-corrected chi connectivity index (χ2v) is 6.75. The number of aromatic amines is 2. The number of nitrogens with zero attached hydrogens (tertiary/aromatic N) is 3. The summed E-state index contributed by atoms with van der Waals surface area (Å²) in [5.74, 6) is 0.811. The molecule has 0 saturated carbocycles. The molecule has 1 aromatic carbocycles. The molecule has 2 N–H and O–H groups in total. The minimum atomic E-state index is -0.139. The molecule has 0 aliphatic heterocycles. The van der Waals surface area contributed by atoms with E-state index in [0.717, 1.165) is 28.0 Å². The lowest BCUT2D eigenvalue weighted by Gasteiger charge is -2.15. The van der Waals surface area contributed by atoms with E-state index in [-0.39, 0.29) is 5.41 Å². The number of hydrogen-bond acceptors (Lipinski definition) is 3. The Balaban J connectivity index is 2.10. The maximum atomic E-state index is 5.29. The van der Waals surface area contributed by atoms with Crippen molar-refractivity contribution in [1.29, 1.82) is 0 Å². The molecule has 0 atom stereocenters. The monoisotopic (exact) mass is 313 g/mol. The summed E-state index contributed by atoms with van der Waals surface area (Å²) >= 11 is 5.29. The topological polar surface area (TPSA) is 61.8 Å². The van der Waals surface area contributed by atoms with E-state index >= 15 is 0 Å². The van der Waals surface area contributed by atoms with Gasteiger partial charge in [-0.05, 0) is 25.2 Å². The van der Waals surface area contributed by atoms with Gasteiger partial charge < -0.3 is 4.98 Å². The van der Waals surface area contributed by atoms with Crippen LogP contribution in [0.4, 0.5) is 0 Å². The fraction of sp³-hybridized carbons (Fsp3) is 0.312. The van der Waals surface area contributed by atoms with Crippen molar-refractivity contribution >= 4 is 29.3 Å². The van der Waals surface area contributed by atoms with Crippen molar-refractivity contribution in [2.24, 2.45) is 5.10 Å². The summed E-state index contributed by atoms with van der Waals surface area (Å²) in [7, 11) is 0. The average molecular weight is 313 g/mol. The van der Waals surface area contributed by atoms with Gasteiger partial charge in [-0.3, -0.25) is 5.10 Å². The van der Waals surface area contributed by atoms with Crippen LogP contribution in [0.15, 0.2) is 29.4 Å². The third-order valence-corrected chi connectivity index (χ3v) is 3.83. The molecule has 0 aliphatic carbocycles. The zero-order valence-corrected chi connectivity index (χ0v) is 14.0. The molecule has 0 radical (unpaired) electrons. The summed E-state index contributed by atoms with van der Waals surface area (Å²) in [4.78, 5) is 3.37. The predicted octanol–water partition coefficient (Wildman–Crippen LogP) is 3.91. The van der Waals surface area contributed by atoms with Gasteiger partial charge in [0.25, 0.3) is 0 Å². The van der Waals surface area contributed by atoms with Crippen LogP contribution < -0.4 is 0 Å². The molecule has 6 heteroatoms. The number of hydrogen-bond donors (Lipinski definition) is 2. The molecule has 0 aliphatic rings. The number of benzene rings is 1. The largest absolute Gasteiger partial charge is 0.358 e. The van der Waals surface area contributed by atoms with Crippen LogP contribution >= 0.6 is 12.2 Å². The molecule has 0 saturated heterocycles. The molecule has 0 fully saturated rings. The number of nitrogens with one attached hydrogen (secondary N) is 2. The summed E-state index contributed by atoms with van der Waals surface area (Å²) in [5, 5.41) is 12.8. The highest BCUT2D eigenvalue weighted by molar-refractivity contribution is 7.71. The van der Waals surface area contributed by atoms with Crippen molar-refractivity contribution in [3.8, 4) is 0 Å². The quantitative estimate of drug-likeness (QED) is 0.556. The predicted molar refractivity (Wildman–Crippen MR) is 92.1 cm³/mol. The van der Waals surface area contributed by atoms with E-state index in [1.54, 1.807) is 4.68 Å². The lowest BCUT2D eigenvalue weighted by atomic mass is 9.96. The lowest BCUT2D eigenvalue weighted by Crippen LogP contribution is -2.17. The molecule has 0 unspecified atom stereocenters. The Labute approximate surface area is 134 Å². The van der Waals surface area contributed by atoms with Crippen LogP contribution in [-0.4, -0.2) is 26.1 Å². The first-order chi connectivity index (χ1) is 10.4. The Bertz CT molecular complexity index is 905. The van der Waals surface area contributed by atoms with Crippen LogP contribution in [-0.2, 0) is 5.41 Å². The van der Waals surface area contributed by atoms with Crippen LogP contribution in [0.25, 0.3) is 10.9 Å². The summed E-state index contributed by atoms with van der Waals surface area (Å²) in [5.41, 5.74) is 3.12. The molecule has 2 aromatic heterocycles. The van der Waals surface area contributed by atoms with Gasteiger partial charge in [0.2, 0.25) is 4.77 Å². The summed E-state index contributed by atoms with van der Waals surface area (Å²) < 4.78 is 2.19. The van der Waals surface area contributed by atoms with Crippen molar-refractivity contribution < 1.29 is 0 Å². The van der Waals surface area contributed by atoms with E-state index in [1.165, 1.54) is 0 Å². The Morgan fingerprint density at radius 2 is 2.00 bits per heavy atom. The normalized spacial score (nSPS) is 12.5. The Kier molecular flexibility index (Phi) is 3.48. The number of rotatable bonds is 2. The fourth-order valence-corrected chi connectivity index (χ4v) is 2.64. The number of para-hydroxylation sites is 1. The SMILES string of the molecule is Cc1[nH]c2ccccc2c1/C=N/n1c(C(C)(C)C)n[nH]c1=S. The van der Waals surface area contributed by atoms with E-state index < -0.39 is 0 Å². The third-order valence-electron chi connectivity index (χ3n) is 3.57. The van der Waals surface area contributed by atoms with Crippen molar-refractivity contribution in [3.05, 3.63) is 46.1 Å². The Morgan fingerprint density at radius 1 is 1.27 bits per heavy atom. The van der Waals surface area contributed by atoms with Gasteiger partial charge in [-0.25, -0.2) is 0 Å². The van der Waals surface area contributed by atoms with Crippen LogP contribution in [0, 0.1) is 11.7 Å². The maximum absolute atomic E-state index is 5.29. The molecule has 3 rings (SSSR count). The van der Waals surface area contributed by atoms with Gasteiger partial charge >= 0.3 is 0 Å². The first-order valence-corrected chi connectivity index (χ1v) is 7.58. The van der Waals surface area contributed by atoms with Gasteiger partial charge in [-0.2, -0.15) is 14.9 Å². The Hall–Kier alpha value is -2.21. The fourth-order valence-electron chi connectivity index (χ4n) is 2.46. The average Bonchev–Trinajstić information content (AvgIpc) is 2.96. The summed E-state index contributed by atoms with van der Waals surface area (Å²) in [6.07, 6.45) is 1.84. The summed E-state index contributed by atoms with van der Waals surface area (Å²) in [6, 6.07) is 8.18. The van der Waals surface area contributed by atoms with Gasteiger partial charge in [0, 0.05) is 27.6 Å². The van der Waals surface area contributed by atoms with Crippen LogP contribution in [0.3, 0.4) is 0 Å². The molecule has 0 bridgehead atoms. The molecule has 3 aromatic rings. The smallest absolute Gasteiger partial charge is 0.216 e. The first kappa shape index (κ1) is 14.7. The molecule has 5 nitrogen and oxygen atoms in total. The van der Waals surface area contributed by atoms with Gasteiger partial charge in [0.05, 0.1) is 6.21 Å². The van der Waals surface area contributed by atoms with Crippen LogP contribution in [0.2, 0.25) is 0 Å². The molecule has 22 heavy (non-hydrogen) atoms. The molecule has 0 spiro atoms. The minimum Gasteiger partial charge on any atom is -0.358 e. The van der Waals surface area contributed by atoms with E-state index in [1.807, 2.05) is 25.3 Å². The lowest BCUT2D eigenvalue weighted by molar-refractivity contribution is 0.516. The van der Waals surface area contributed by atoms with Crippen LogP contribution in [0.1, 0.15) is 37.9 Å². The molecule has 2 heterocycles. The number of aryl methyl sites for hydroxylation is 1. The van der Waals surface area contributed by atoms with Gasteiger partial charge in [-0.15, -0.1) is 0 Å². The van der Waals surface area contributed by atoms with E-state index in [9.17, 15) is 0 Å². The first-order valence-electron chi connectivity index (χ1n) is 7.17. The van der Waals surface area contributed by atoms with E-state index in [4.69, 9.17) is 12.2 Å². The standard InChI is InChI=1S/C16H19N5S/c1-10-12(11-7-5-6-8-13(11)18-10)9-17-21-14(16(2,3)4)19-20-15(21)22/h5-9,18H,1-4H3,(H,20,22)/b17-9+. The highest BCUT2D eigenvalue weighted by atomic mass is 32.1. The van der Waals surface area contributed by atoms with E-state index in [0.29, 0.717) is 4.77 Å². The molecular formula is C16H19N5S.